The second-order valence-corrected chi connectivity index (χ2v) is 5.27. The summed E-state index contributed by atoms with van der Waals surface area (Å²) in [5.41, 5.74) is 2.50. The van der Waals surface area contributed by atoms with Gasteiger partial charge in [-0.15, -0.1) is 0 Å². The van der Waals surface area contributed by atoms with Gasteiger partial charge >= 0.3 is 0 Å². The molecule has 0 N–H and O–H groups in total. The van der Waals surface area contributed by atoms with Crippen LogP contribution in [0.5, 0.6) is 0 Å². The second-order valence-electron chi connectivity index (χ2n) is 5.27. The number of amides is 1. The lowest BCUT2D eigenvalue weighted by Crippen LogP contribution is -2.31. The van der Waals surface area contributed by atoms with Crippen molar-refractivity contribution in [2.75, 3.05) is 6.54 Å². The predicted octanol–water partition coefficient (Wildman–Crippen LogP) is 2.10. The Morgan fingerprint density at radius 2 is 2.25 bits per heavy atom. The molecular weight excluding hydrogens is 252 g/mol. The molecule has 0 radical (unpaired) electrons. The van der Waals surface area contributed by atoms with E-state index in [4.69, 9.17) is 0 Å². The number of carbonyl (C=O) groups is 1. The highest BCUT2D eigenvalue weighted by Gasteiger charge is 2.31. The first-order valence-corrected chi connectivity index (χ1v) is 6.88. The molecule has 5 heteroatoms. The third kappa shape index (κ3) is 2.31. The zero-order valence-corrected chi connectivity index (χ0v) is 11.8. The number of likely N-dealkylation sites (tertiary alicyclic amines) is 1. The molecule has 5 nitrogen and oxygen atoms in total. The van der Waals surface area contributed by atoms with Crippen molar-refractivity contribution in [3.63, 3.8) is 0 Å². The number of aryl methyl sites for hydroxylation is 2. The van der Waals surface area contributed by atoms with E-state index in [-0.39, 0.29) is 11.9 Å². The summed E-state index contributed by atoms with van der Waals surface area (Å²) in [6.45, 7) is 2.69. The van der Waals surface area contributed by atoms with Gasteiger partial charge in [-0.1, -0.05) is 6.07 Å². The zero-order chi connectivity index (χ0) is 14.1. The fraction of sp³-hybridized carbons (Fsp3) is 0.400. The minimum absolute atomic E-state index is 0.0139. The summed E-state index contributed by atoms with van der Waals surface area (Å²) in [5.74, 6) is 0.0139. The van der Waals surface area contributed by atoms with E-state index in [1.807, 2.05) is 43.4 Å². The first-order chi connectivity index (χ1) is 9.65. The minimum Gasteiger partial charge on any atom is -0.330 e. The van der Waals surface area contributed by atoms with Gasteiger partial charge in [0.25, 0.3) is 5.91 Å². The Bertz CT molecular complexity index is 634. The number of rotatable bonds is 2. The molecule has 1 aliphatic rings. The zero-order valence-electron chi connectivity index (χ0n) is 11.8. The number of aromatic nitrogens is 3. The van der Waals surface area contributed by atoms with E-state index >= 15 is 0 Å². The van der Waals surface area contributed by atoms with Crippen LogP contribution in [0.1, 0.15) is 40.6 Å². The molecule has 0 aromatic carbocycles. The summed E-state index contributed by atoms with van der Waals surface area (Å²) in [7, 11) is 1.90. The van der Waals surface area contributed by atoms with Gasteiger partial charge in [-0.05, 0) is 31.9 Å². The van der Waals surface area contributed by atoms with Crippen molar-refractivity contribution >= 4 is 5.91 Å². The van der Waals surface area contributed by atoms with Gasteiger partial charge in [-0.3, -0.25) is 9.48 Å². The second kappa shape index (κ2) is 5.07. The Labute approximate surface area is 118 Å². The molecule has 3 rings (SSSR count). The van der Waals surface area contributed by atoms with Crippen molar-refractivity contribution < 1.29 is 4.79 Å². The molecule has 104 valence electrons. The van der Waals surface area contributed by atoms with Crippen LogP contribution in [0.4, 0.5) is 0 Å². The summed E-state index contributed by atoms with van der Waals surface area (Å²) in [6.07, 6.45) is 5.85. The Balaban J connectivity index is 1.87. The first-order valence-electron chi connectivity index (χ1n) is 6.88. The molecule has 0 bridgehead atoms. The molecule has 1 aliphatic heterocycles. The smallest absolute Gasteiger partial charge is 0.272 e. The van der Waals surface area contributed by atoms with Crippen molar-refractivity contribution in [2.24, 2.45) is 7.05 Å². The van der Waals surface area contributed by atoms with Crippen molar-refractivity contribution in [1.82, 2.24) is 19.7 Å². The quantitative estimate of drug-likeness (QED) is 0.839. The average Bonchev–Trinajstić information content (AvgIpc) is 3.06. The summed E-state index contributed by atoms with van der Waals surface area (Å²) in [5, 5.41) is 4.20. The summed E-state index contributed by atoms with van der Waals surface area (Å²) in [4.78, 5) is 18.9. The van der Waals surface area contributed by atoms with Crippen LogP contribution in [-0.2, 0) is 7.05 Å². The van der Waals surface area contributed by atoms with E-state index in [1.54, 1.807) is 10.7 Å². The molecule has 1 unspecified atom stereocenters. The highest BCUT2D eigenvalue weighted by Crippen LogP contribution is 2.32. The highest BCUT2D eigenvalue weighted by molar-refractivity contribution is 5.92. The van der Waals surface area contributed by atoms with Gasteiger partial charge in [0.1, 0.15) is 5.69 Å². The fourth-order valence-corrected chi connectivity index (χ4v) is 2.78. The lowest BCUT2D eigenvalue weighted by Gasteiger charge is -2.23. The third-order valence-electron chi connectivity index (χ3n) is 3.73. The van der Waals surface area contributed by atoms with Gasteiger partial charge < -0.3 is 4.90 Å². The predicted molar refractivity (Wildman–Crippen MR) is 75.2 cm³/mol. The number of carbonyl (C=O) groups excluding carboxylic acids is 1. The SMILES string of the molecule is Cc1cccc(C(=O)N2CCCC2c2cnn(C)c2)n1. The topological polar surface area (TPSA) is 51.0 Å². The van der Waals surface area contributed by atoms with Gasteiger partial charge in [-0.25, -0.2) is 4.98 Å². The molecule has 3 heterocycles. The molecule has 2 aromatic rings. The maximum absolute atomic E-state index is 12.6. The molecule has 1 saturated heterocycles. The largest absolute Gasteiger partial charge is 0.330 e. The van der Waals surface area contributed by atoms with Crippen molar-refractivity contribution in [3.05, 3.63) is 47.5 Å². The Morgan fingerprint density at radius 1 is 1.40 bits per heavy atom. The van der Waals surface area contributed by atoms with Crippen LogP contribution in [0, 0.1) is 6.92 Å². The summed E-state index contributed by atoms with van der Waals surface area (Å²) >= 11 is 0. The molecule has 0 aliphatic carbocycles. The van der Waals surface area contributed by atoms with Crippen LogP contribution in [0.15, 0.2) is 30.6 Å². The van der Waals surface area contributed by atoms with Gasteiger partial charge in [-0.2, -0.15) is 5.10 Å². The number of hydrogen-bond acceptors (Lipinski definition) is 3. The summed E-state index contributed by atoms with van der Waals surface area (Å²) < 4.78 is 1.78. The minimum atomic E-state index is 0.0139. The van der Waals surface area contributed by atoms with Gasteiger partial charge in [0.2, 0.25) is 0 Å². The van der Waals surface area contributed by atoms with Crippen LogP contribution in [0.25, 0.3) is 0 Å². The Morgan fingerprint density at radius 3 is 2.95 bits per heavy atom. The van der Waals surface area contributed by atoms with E-state index in [2.05, 4.69) is 10.1 Å². The van der Waals surface area contributed by atoms with E-state index in [9.17, 15) is 4.79 Å². The number of hydrogen-bond donors (Lipinski definition) is 0. The highest BCUT2D eigenvalue weighted by atomic mass is 16.2. The van der Waals surface area contributed by atoms with Gasteiger partial charge in [0.15, 0.2) is 0 Å². The van der Waals surface area contributed by atoms with E-state index in [0.717, 1.165) is 30.6 Å². The molecule has 2 aromatic heterocycles. The summed E-state index contributed by atoms with van der Waals surface area (Å²) in [6, 6.07) is 5.69. The molecule has 1 fully saturated rings. The van der Waals surface area contributed by atoms with Crippen LogP contribution in [-0.4, -0.2) is 32.1 Å². The van der Waals surface area contributed by atoms with E-state index in [0.29, 0.717) is 5.69 Å². The Kier molecular flexibility index (Phi) is 3.26. The average molecular weight is 270 g/mol. The van der Waals surface area contributed by atoms with Crippen LogP contribution < -0.4 is 0 Å². The number of nitrogens with zero attached hydrogens (tertiary/aromatic N) is 4. The van der Waals surface area contributed by atoms with Crippen LogP contribution in [0.3, 0.4) is 0 Å². The lowest BCUT2D eigenvalue weighted by molar-refractivity contribution is 0.0729. The van der Waals surface area contributed by atoms with Crippen molar-refractivity contribution in [2.45, 2.75) is 25.8 Å². The van der Waals surface area contributed by atoms with Crippen LogP contribution in [0.2, 0.25) is 0 Å². The first kappa shape index (κ1) is 12.8. The third-order valence-corrected chi connectivity index (χ3v) is 3.73. The standard InChI is InChI=1S/C15H18N4O/c1-11-5-3-6-13(17-11)15(20)19-8-4-7-14(19)12-9-16-18(2)10-12/h3,5-6,9-10,14H,4,7-8H2,1-2H3. The number of pyridine rings is 1. The Hall–Kier alpha value is -2.17. The molecule has 0 spiro atoms. The normalized spacial score (nSPS) is 18.5. The lowest BCUT2D eigenvalue weighted by atomic mass is 10.1. The van der Waals surface area contributed by atoms with Crippen molar-refractivity contribution in [1.29, 1.82) is 0 Å². The monoisotopic (exact) mass is 270 g/mol. The van der Waals surface area contributed by atoms with Gasteiger partial charge in [0, 0.05) is 31.0 Å². The fourth-order valence-electron chi connectivity index (χ4n) is 2.78. The van der Waals surface area contributed by atoms with Crippen molar-refractivity contribution in [3.8, 4) is 0 Å². The van der Waals surface area contributed by atoms with E-state index in [1.165, 1.54) is 0 Å². The van der Waals surface area contributed by atoms with Crippen LogP contribution >= 0.6 is 0 Å². The molecule has 1 atom stereocenters. The van der Waals surface area contributed by atoms with Gasteiger partial charge in [0.05, 0.1) is 12.2 Å². The maximum Gasteiger partial charge on any atom is 0.272 e. The molecule has 0 saturated carbocycles. The molecule has 20 heavy (non-hydrogen) atoms. The molecule has 1 amide bonds. The maximum atomic E-state index is 12.6. The molecular formula is C15H18N4O. The van der Waals surface area contributed by atoms with E-state index < -0.39 is 0 Å².